The Balaban J connectivity index is 2.83. The Bertz CT molecular complexity index is 283. The van der Waals surface area contributed by atoms with Gasteiger partial charge in [0.1, 0.15) is 5.82 Å². The fourth-order valence-electron chi connectivity index (χ4n) is 1.28. The molecule has 0 spiro atoms. The van der Waals surface area contributed by atoms with Gasteiger partial charge in [0.05, 0.1) is 5.69 Å². The van der Waals surface area contributed by atoms with Crippen molar-refractivity contribution in [3.8, 4) is 0 Å². The largest absolute Gasteiger partial charge is 0.259 e. The first-order chi connectivity index (χ1) is 6.15. The van der Waals surface area contributed by atoms with Crippen LogP contribution in [0.15, 0.2) is 12.3 Å². The smallest absolute Gasteiger partial charge is 0.147 e. The summed E-state index contributed by atoms with van der Waals surface area (Å²) >= 11 is 0. The summed E-state index contributed by atoms with van der Waals surface area (Å²) in [5.74, 6) is 0.402. The molecule has 0 aromatic carbocycles. The van der Waals surface area contributed by atoms with Crippen LogP contribution in [-0.4, -0.2) is 4.98 Å². The summed E-state index contributed by atoms with van der Waals surface area (Å²) < 4.78 is 13.4. The lowest BCUT2D eigenvalue weighted by Gasteiger charge is -2.09. The molecule has 0 bridgehead atoms. The van der Waals surface area contributed by atoms with Crippen molar-refractivity contribution in [1.82, 2.24) is 4.98 Å². The molecule has 2 heteroatoms. The van der Waals surface area contributed by atoms with E-state index in [0.29, 0.717) is 11.6 Å². The zero-order valence-electron chi connectivity index (χ0n) is 8.47. The van der Waals surface area contributed by atoms with E-state index in [0.717, 1.165) is 18.4 Å². The fraction of sp³-hybridized carbons (Fsp3) is 0.545. The van der Waals surface area contributed by atoms with E-state index in [2.05, 4.69) is 18.8 Å². The second-order valence-corrected chi connectivity index (χ2v) is 3.59. The van der Waals surface area contributed by atoms with Gasteiger partial charge in [0, 0.05) is 6.20 Å². The van der Waals surface area contributed by atoms with E-state index < -0.39 is 0 Å². The molecule has 0 saturated heterocycles. The first kappa shape index (κ1) is 10.2. The Kier molecular flexibility index (Phi) is 3.40. The maximum atomic E-state index is 13.4. The lowest BCUT2D eigenvalue weighted by atomic mass is 9.99. The highest BCUT2D eigenvalue weighted by Crippen LogP contribution is 2.15. The van der Waals surface area contributed by atoms with Gasteiger partial charge < -0.3 is 0 Å². The van der Waals surface area contributed by atoms with Crippen molar-refractivity contribution in [3.05, 3.63) is 29.3 Å². The molecule has 0 aliphatic rings. The highest BCUT2D eigenvalue weighted by Gasteiger charge is 2.08. The summed E-state index contributed by atoms with van der Waals surface area (Å²) in [5, 5.41) is 0. The Hall–Kier alpha value is -0.920. The van der Waals surface area contributed by atoms with Gasteiger partial charge in [0.25, 0.3) is 0 Å². The molecule has 1 unspecified atom stereocenters. The van der Waals surface area contributed by atoms with Crippen molar-refractivity contribution in [2.24, 2.45) is 5.92 Å². The fourth-order valence-corrected chi connectivity index (χ4v) is 1.28. The Morgan fingerprint density at radius 3 is 2.85 bits per heavy atom. The average molecular weight is 181 g/mol. The molecule has 1 aromatic rings. The number of pyridine rings is 1. The van der Waals surface area contributed by atoms with Crippen molar-refractivity contribution in [3.63, 3.8) is 0 Å². The number of halogens is 1. The summed E-state index contributed by atoms with van der Waals surface area (Å²) in [4.78, 5) is 3.90. The molecular weight excluding hydrogens is 165 g/mol. The van der Waals surface area contributed by atoms with Gasteiger partial charge in [-0.05, 0) is 30.9 Å². The number of hydrogen-bond acceptors (Lipinski definition) is 1. The van der Waals surface area contributed by atoms with Crippen molar-refractivity contribution >= 4 is 0 Å². The monoisotopic (exact) mass is 181 g/mol. The summed E-state index contributed by atoms with van der Waals surface area (Å²) in [5.41, 5.74) is 1.29. The summed E-state index contributed by atoms with van der Waals surface area (Å²) in [6.07, 6.45) is 3.57. The van der Waals surface area contributed by atoms with Crippen LogP contribution in [0.5, 0.6) is 0 Å². The number of rotatable bonds is 3. The predicted molar refractivity (Wildman–Crippen MR) is 52.1 cm³/mol. The number of aromatic nitrogens is 1. The molecule has 13 heavy (non-hydrogen) atoms. The van der Waals surface area contributed by atoms with Crippen LogP contribution < -0.4 is 0 Å². The van der Waals surface area contributed by atoms with Crippen LogP contribution in [0.2, 0.25) is 0 Å². The molecule has 1 atom stereocenters. The van der Waals surface area contributed by atoms with Gasteiger partial charge in [0.15, 0.2) is 0 Å². The molecule has 72 valence electrons. The van der Waals surface area contributed by atoms with E-state index in [4.69, 9.17) is 0 Å². The number of aryl methyl sites for hydroxylation is 1. The van der Waals surface area contributed by atoms with Gasteiger partial charge in [-0.15, -0.1) is 0 Å². The highest BCUT2D eigenvalue weighted by molar-refractivity contribution is 5.18. The average Bonchev–Trinajstić information content (AvgIpc) is 2.13. The first-order valence-electron chi connectivity index (χ1n) is 4.75. The SMILES string of the molecule is CCC(C)Cc1ccnc(C)c1F. The summed E-state index contributed by atoms with van der Waals surface area (Å²) in [6, 6.07) is 1.77. The molecule has 0 aliphatic carbocycles. The first-order valence-corrected chi connectivity index (χ1v) is 4.75. The molecular formula is C11H16FN. The van der Waals surface area contributed by atoms with Gasteiger partial charge in [-0.3, -0.25) is 4.98 Å². The van der Waals surface area contributed by atoms with E-state index in [9.17, 15) is 4.39 Å². The second-order valence-electron chi connectivity index (χ2n) is 3.59. The quantitative estimate of drug-likeness (QED) is 0.698. The van der Waals surface area contributed by atoms with Crippen molar-refractivity contribution in [2.75, 3.05) is 0 Å². The van der Waals surface area contributed by atoms with Crippen LogP contribution in [0, 0.1) is 18.7 Å². The molecule has 0 amide bonds. The molecule has 0 radical (unpaired) electrons. The Labute approximate surface area is 79.0 Å². The van der Waals surface area contributed by atoms with Crippen molar-refractivity contribution < 1.29 is 4.39 Å². The van der Waals surface area contributed by atoms with Crippen LogP contribution >= 0.6 is 0 Å². The van der Waals surface area contributed by atoms with Crippen LogP contribution in [0.1, 0.15) is 31.5 Å². The van der Waals surface area contributed by atoms with Gasteiger partial charge in [-0.2, -0.15) is 0 Å². The normalized spacial score (nSPS) is 12.9. The maximum absolute atomic E-state index is 13.4. The highest BCUT2D eigenvalue weighted by atomic mass is 19.1. The summed E-state index contributed by atoms with van der Waals surface area (Å²) in [7, 11) is 0. The topological polar surface area (TPSA) is 12.9 Å². The van der Waals surface area contributed by atoms with E-state index in [1.165, 1.54) is 0 Å². The minimum absolute atomic E-state index is 0.136. The molecule has 1 heterocycles. The Morgan fingerprint density at radius 2 is 2.23 bits per heavy atom. The van der Waals surface area contributed by atoms with Crippen molar-refractivity contribution in [2.45, 2.75) is 33.6 Å². The molecule has 0 aliphatic heterocycles. The molecule has 0 fully saturated rings. The zero-order valence-corrected chi connectivity index (χ0v) is 8.47. The lowest BCUT2D eigenvalue weighted by molar-refractivity contribution is 0.525. The Morgan fingerprint density at radius 1 is 1.54 bits per heavy atom. The van der Waals surface area contributed by atoms with Gasteiger partial charge in [-0.1, -0.05) is 20.3 Å². The second kappa shape index (κ2) is 4.35. The van der Waals surface area contributed by atoms with Gasteiger partial charge in [-0.25, -0.2) is 4.39 Å². The van der Waals surface area contributed by atoms with Crippen molar-refractivity contribution in [1.29, 1.82) is 0 Å². The van der Waals surface area contributed by atoms with Crippen LogP contribution in [-0.2, 0) is 6.42 Å². The van der Waals surface area contributed by atoms with Crippen LogP contribution in [0.3, 0.4) is 0 Å². The third-order valence-corrected chi connectivity index (χ3v) is 2.41. The minimum atomic E-state index is -0.136. The molecule has 1 aromatic heterocycles. The number of nitrogens with zero attached hydrogens (tertiary/aromatic N) is 1. The minimum Gasteiger partial charge on any atom is -0.259 e. The van der Waals surface area contributed by atoms with Gasteiger partial charge >= 0.3 is 0 Å². The van der Waals surface area contributed by atoms with Gasteiger partial charge in [0.2, 0.25) is 0 Å². The number of hydrogen-bond donors (Lipinski definition) is 0. The van der Waals surface area contributed by atoms with E-state index in [1.54, 1.807) is 19.2 Å². The summed E-state index contributed by atoms with van der Waals surface area (Å²) in [6.45, 7) is 5.96. The third-order valence-electron chi connectivity index (χ3n) is 2.41. The molecule has 0 N–H and O–H groups in total. The van der Waals surface area contributed by atoms with E-state index >= 15 is 0 Å². The predicted octanol–water partition coefficient (Wildman–Crippen LogP) is 3.12. The lowest BCUT2D eigenvalue weighted by Crippen LogP contribution is -2.02. The third kappa shape index (κ3) is 2.51. The maximum Gasteiger partial charge on any atom is 0.147 e. The zero-order chi connectivity index (χ0) is 9.84. The standard InChI is InChI=1S/C11H16FN/c1-4-8(2)7-10-5-6-13-9(3)11(10)12/h5-6,8H,4,7H2,1-3H3. The molecule has 1 nitrogen and oxygen atoms in total. The van der Waals surface area contributed by atoms with E-state index in [1.807, 2.05) is 0 Å². The van der Waals surface area contributed by atoms with E-state index in [-0.39, 0.29) is 5.82 Å². The molecule has 1 rings (SSSR count). The van der Waals surface area contributed by atoms with Crippen LogP contribution in [0.25, 0.3) is 0 Å². The van der Waals surface area contributed by atoms with Crippen LogP contribution in [0.4, 0.5) is 4.39 Å². The molecule has 0 saturated carbocycles.